The second kappa shape index (κ2) is 49.9. The van der Waals surface area contributed by atoms with Crippen LogP contribution in [0.15, 0.2) is 72.9 Å². The minimum absolute atomic E-state index is 0.0829. The van der Waals surface area contributed by atoms with E-state index in [4.69, 9.17) is 14.2 Å². The van der Waals surface area contributed by atoms with Gasteiger partial charge in [0.05, 0.1) is 25.4 Å². The van der Waals surface area contributed by atoms with Gasteiger partial charge in [0.15, 0.2) is 12.4 Å². The van der Waals surface area contributed by atoms with Crippen LogP contribution in [0.5, 0.6) is 0 Å². The molecule has 0 radical (unpaired) electrons. The van der Waals surface area contributed by atoms with Gasteiger partial charge in [0.25, 0.3) is 0 Å². The number of nitrogens with one attached hydrogen (secondary N) is 1. The van der Waals surface area contributed by atoms with Gasteiger partial charge in [0.2, 0.25) is 5.91 Å². The molecule has 73 heavy (non-hydrogen) atoms. The Balaban J connectivity index is 2.73. The highest BCUT2D eigenvalue weighted by Crippen LogP contribution is 2.26. The highest BCUT2D eigenvalue weighted by molar-refractivity contribution is 5.80. The Morgan fingerprint density at radius 1 is 0.548 bits per heavy atom. The molecule has 0 aromatic heterocycles. The Morgan fingerprint density at radius 2 is 0.986 bits per heavy atom. The number of carbonyl (C=O) groups is 2. The molecule has 1 aliphatic rings. The Hall–Kier alpha value is -2.90. The lowest BCUT2D eigenvalue weighted by Crippen LogP contribution is -2.61. The number of aliphatic hydroxyl groups is 5. The third-order valence-electron chi connectivity index (χ3n) is 13.6. The Kier molecular flexibility index (Phi) is 46.6. The van der Waals surface area contributed by atoms with Crippen molar-refractivity contribution in [1.29, 1.82) is 0 Å². The Labute approximate surface area is 445 Å². The van der Waals surface area contributed by atoms with Crippen molar-refractivity contribution in [2.75, 3.05) is 13.2 Å². The standard InChI is InChI=1S/C62H109NO10/c1-4-7-10-13-16-19-22-25-26-27-28-29-30-32-35-38-41-44-47-50-57(67)73-60-59(69)58(68)56(51-64)72-62(60)71-52-53(54(65)48-45-42-39-36-34-31-23-20-17-14-11-8-5-2)63-61(70)55(66)49-46-43-40-37-33-24-21-18-15-12-9-6-3/h7,10,16,19,25-26,28-29,32,35,45,48,53-56,58-60,62,64-66,68-69H,4-6,8-9,11-15,17-18,20-24,27,30-31,33-34,36-44,46-47,49-52H2,1-3H3,(H,63,70)/b10-7-,19-16-,26-25-,29-28-,35-32-,48-45+. The number of esters is 1. The summed E-state index contributed by atoms with van der Waals surface area (Å²) in [6.45, 7) is 5.65. The summed E-state index contributed by atoms with van der Waals surface area (Å²) >= 11 is 0. The Bertz CT molecular complexity index is 1460. The van der Waals surface area contributed by atoms with Gasteiger partial charge < -0.3 is 45.1 Å². The molecule has 0 aromatic rings. The molecule has 0 aromatic carbocycles. The second-order valence-electron chi connectivity index (χ2n) is 20.4. The monoisotopic (exact) mass is 1030 g/mol. The van der Waals surface area contributed by atoms with Crippen molar-refractivity contribution in [3.05, 3.63) is 72.9 Å². The van der Waals surface area contributed by atoms with Gasteiger partial charge in [0.1, 0.15) is 24.4 Å². The van der Waals surface area contributed by atoms with Gasteiger partial charge in [-0.2, -0.15) is 0 Å². The van der Waals surface area contributed by atoms with Gasteiger partial charge in [-0.1, -0.05) is 241 Å². The van der Waals surface area contributed by atoms with Crippen molar-refractivity contribution in [3.63, 3.8) is 0 Å². The fourth-order valence-corrected chi connectivity index (χ4v) is 8.91. The van der Waals surface area contributed by atoms with Crippen LogP contribution < -0.4 is 5.32 Å². The van der Waals surface area contributed by atoms with Crippen molar-refractivity contribution in [2.24, 2.45) is 0 Å². The third kappa shape index (κ3) is 38.3. The molecule has 1 rings (SSSR count). The largest absolute Gasteiger partial charge is 0.454 e. The van der Waals surface area contributed by atoms with Gasteiger partial charge in [0, 0.05) is 6.42 Å². The molecule has 0 saturated carbocycles. The maximum absolute atomic E-state index is 13.4. The first kappa shape index (κ1) is 68.1. The van der Waals surface area contributed by atoms with Crippen molar-refractivity contribution in [1.82, 2.24) is 5.32 Å². The van der Waals surface area contributed by atoms with E-state index >= 15 is 0 Å². The molecule has 1 amide bonds. The minimum Gasteiger partial charge on any atom is -0.454 e. The van der Waals surface area contributed by atoms with Crippen LogP contribution in [-0.2, 0) is 23.8 Å². The number of hydrogen-bond acceptors (Lipinski definition) is 10. The Morgan fingerprint density at radius 3 is 1.48 bits per heavy atom. The molecule has 6 N–H and O–H groups in total. The quantitative estimate of drug-likeness (QED) is 0.0195. The first-order valence-electron chi connectivity index (χ1n) is 29.7. The number of carbonyl (C=O) groups excluding carboxylic acids is 2. The number of hydrogen-bond donors (Lipinski definition) is 6. The third-order valence-corrected chi connectivity index (χ3v) is 13.6. The maximum atomic E-state index is 13.4. The van der Waals surface area contributed by atoms with Gasteiger partial charge in [-0.15, -0.1) is 0 Å². The zero-order valence-electron chi connectivity index (χ0n) is 46.5. The van der Waals surface area contributed by atoms with Gasteiger partial charge in [-0.05, 0) is 70.6 Å². The van der Waals surface area contributed by atoms with Crippen molar-refractivity contribution >= 4 is 11.9 Å². The molecule has 422 valence electrons. The fourth-order valence-electron chi connectivity index (χ4n) is 8.91. The minimum atomic E-state index is -1.63. The summed E-state index contributed by atoms with van der Waals surface area (Å²) in [6.07, 6.45) is 52.2. The predicted molar refractivity (Wildman–Crippen MR) is 301 cm³/mol. The van der Waals surface area contributed by atoms with Crippen molar-refractivity contribution in [3.8, 4) is 0 Å². The summed E-state index contributed by atoms with van der Waals surface area (Å²) in [5.74, 6) is -1.23. The van der Waals surface area contributed by atoms with E-state index in [1.165, 1.54) is 109 Å². The predicted octanol–water partition coefficient (Wildman–Crippen LogP) is 13.6. The number of unbranched alkanes of at least 4 members (excludes halogenated alkanes) is 25. The lowest BCUT2D eigenvalue weighted by atomic mass is 9.99. The highest BCUT2D eigenvalue weighted by Gasteiger charge is 2.47. The molecule has 11 heteroatoms. The lowest BCUT2D eigenvalue weighted by molar-refractivity contribution is -0.305. The number of rotatable bonds is 49. The van der Waals surface area contributed by atoms with Crippen LogP contribution in [-0.4, -0.2) is 99.6 Å². The van der Waals surface area contributed by atoms with Crippen molar-refractivity contribution < 1.29 is 49.3 Å². The molecule has 0 spiro atoms. The van der Waals surface area contributed by atoms with Gasteiger partial charge in [-0.25, -0.2) is 0 Å². The summed E-state index contributed by atoms with van der Waals surface area (Å²) < 4.78 is 17.6. The van der Waals surface area contributed by atoms with E-state index in [1.54, 1.807) is 6.08 Å². The molecule has 1 fully saturated rings. The molecule has 11 nitrogen and oxygen atoms in total. The number of aliphatic hydroxyl groups excluding tert-OH is 5. The number of ether oxygens (including phenoxy) is 3. The van der Waals surface area contributed by atoms with Crippen LogP contribution in [0.1, 0.15) is 245 Å². The molecule has 0 aliphatic carbocycles. The van der Waals surface area contributed by atoms with Crippen LogP contribution in [0.2, 0.25) is 0 Å². The average Bonchev–Trinajstić information content (AvgIpc) is 3.39. The van der Waals surface area contributed by atoms with Crippen molar-refractivity contribution in [2.45, 2.75) is 294 Å². The second-order valence-corrected chi connectivity index (χ2v) is 20.4. The lowest BCUT2D eigenvalue weighted by Gasteiger charge is -2.41. The van der Waals surface area contributed by atoms with Crippen LogP contribution in [0.25, 0.3) is 0 Å². The van der Waals surface area contributed by atoms with Gasteiger partial charge >= 0.3 is 5.97 Å². The molecule has 1 aliphatic heterocycles. The smallest absolute Gasteiger partial charge is 0.306 e. The topological polar surface area (TPSA) is 175 Å². The van der Waals surface area contributed by atoms with E-state index < -0.39 is 67.4 Å². The summed E-state index contributed by atoms with van der Waals surface area (Å²) in [7, 11) is 0. The molecular formula is C62H109NO10. The zero-order valence-corrected chi connectivity index (χ0v) is 46.5. The highest BCUT2D eigenvalue weighted by atomic mass is 16.7. The molecule has 1 saturated heterocycles. The summed E-state index contributed by atoms with van der Waals surface area (Å²) in [5, 5.41) is 56.8. The van der Waals surface area contributed by atoms with Crippen LogP contribution >= 0.6 is 0 Å². The van der Waals surface area contributed by atoms with E-state index in [0.29, 0.717) is 12.8 Å². The fraction of sp³-hybridized carbons (Fsp3) is 0.774. The average molecular weight is 1030 g/mol. The van der Waals surface area contributed by atoms with E-state index in [-0.39, 0.29) is 19.4 Å². The summed E-state index contributed by atoms with van der Waals surface area (Å²) in [4.78, 5) is 26.5. The van der Waals surface area contributed by atoms with E-state index in [9.17, 15) is 35.1 Å². The van der Waals surface area contributed by atoms with E-state index in [1.807, 2.05) is 6.08 Å². The molecular weight excluding hydrogens is 919 g/mol. The molecule has 8 unspecified atom stereocenters. The van der Waals surface area contributed by atoms with E-state index in [0.717, 1.165) is 89.9 Å². The van der Waals surface area contributed by atoms with Crippen LogP contribution in [0.4, 0.5) is 0 Å². The first-order chi connectivity index (χ1) is 35.7. The van der Waals surface area contributed by atoms with Crippen LogP contribution in [0.3, 0.4) is 0 Å². The zero-order chi connectivity index (χ0) is 53.3. The SMILES string of the molecule is CC/C=C\C/C=C\C/C=C\C/C=C\C/C=C\CCCCCC(=O)OC1C(OCC(NC(=O)C(O)CCCCCCCCCCCCCC)C(O)/C=C/CCCCCCCCCCCCC)OC(CO)C(O)C1O. The maximum Gasteiger partial charge on any atom is 0.306 e. The van der Waals surface area contributed by atoms with Crippen LogP contribution in [0, 0.1) is 0 Å². The summed E-state index contributed by atoms with van der Waals surface area (Å²) in [6, 6.07) is -1.03. The molecule has 1 heterocycles. The molecule has 8 atom stereocenters. The normalized spacial score (nSPS) is 19.9. The van der Waals surface area contributed by atoms with Gasteiger partial charge in [-0.3, -0.25) is 9.59 Å². The number of amides is 1. The summed E-state index contributed by atoms with van der Waals surface area (Å²) in [5.41, 5.74) is 0. The first-order valence-corrected chi connectivity index (χ1v) is 29.7. The van der Waals surface area contributed by atoms with E-state index in [2.05, 4.69) is 86.8 Å². The molecule has 0 bridgehead atoms. The number of allylic oxidation sites excluding steroid dienone is 11.